The Morgan fingerprint density at radius 3 is 2.88 bits per heavy atom. The van der Waals surface area contributed by atoms with Crippen molar-refractivity contribution in [3.05, 3.63) is 35.9 Å². The molecule has 9 nitrogen and oxygen atoms in total. The van der Waals surface area contributed by atoms with Crippen LogP contribution in [0.3, 0.4) is 0 Å². The topological polar surface area (TPSA) is 114 Å². The molecule has 0 amide bonds. The summed E-state index contributed by atoms with van der Waals surface area (Å²) in [5, 5.41) is 19.3. The third kappa shape index (κ3) is 4.42. The first kappa shape index (κ1) is 21.7. The lowest BCUT2D eigenvalue weighted by molar-refractivity contribution is 0.0986. The van der Waals surface area contributed by atoms with Crippen molar-refractivity contribution in [1.82, 2.24) is 15.0 Å². The number of anilines is 1. The number of aliphatic hydroxyl groups excluding tert-OH is 1. The van der Waals surface area contributed by atoms with E-state index in [4.69, 9.17) is 24.5 Å². The van der Waals surface area contributed by atoms with Gasteiger partial charge in [-0.1, -0.05) is 0 Å². The van der Waals surface area contributed by atoms with Gasteiger partial charge >= 0.3 is 6.01 Å². The Morgan fingerprint density at radius 1 is 1.25 bits per heavy atom. The highest BCUT2D eigenvalue weighted by molar-refractivity contribution is 5.89. The fourth-order valence-corrected chi connectivity index (χ4v) is 3.71. The largest absolute Gasteiger partial charge is 0.496 e. The van der Waals surface area contributed by atoms with Gasteiger partial charge in [-0.25, -0.2) is 4.98 Å². The monoisotopic (exact) mass is 435 g/mol. The molecule has 0 aliphatic carbocycles. The van der Waals surface area contributed by atoms with E-state index in [1.165, 1.54) is 0 Å². The minimum atomic E-state index is -0.136. The number of nitrogens with zero attached hydrogens (tertiary/aromatic N) is 5. The van der Waals surface area contributed by atoms with Gasteiger partial charge in [0.15, 0.2) is 5.65 Å². The molecule has 1 aliphatic rings. The number of nitriles is 1. The normalized spacial score (nSPS) is 16.1. The summed E-state index contributed by atoms with van der Waals surface area (Å²) in [5.41, 5.74) is 2.72. The standard InChI is InChI=1S/C23H25N5O4/c1-15-14-31-11-9-28(15)22-18-5-6-19(16-4-7-20(30-2)17(12-16)13-29)25-21(18)26-23(27-22)32-10-3-8-24/h4-7,12,15,29H,3,9-11,13-14H2,1-2H3/t15-/m0/s1. The van der Waals surface area contributed by atoms with Gasteiger partial charge in [0.25, 0.3) is 0 Å². The SMILES string of the molecule is COc1ccc(-c2ccc3c(N4CCOC[C@@H]4C)nc(OCCC#N)nc3n2)cc1CO. The second kappa shape index (κ2) is 9.77. The lowest BCUT2D eigenvalue weighted by Gasteiger charge is -2.34. The van der Waals surface area contributed by atoms with E-state index in [0.29, 0.717) is 42.4 Å². The second-order valence-electron chi connectivity index (χ2n) is 7.46. The number of methoxy groups -OCH3 is 1. The van der Waals surface area contributed by atoms with Crippen LogP contribution >= 0.6 is 0 Å². The second-order valence-corrected chi connectivity index (χ2v) is 7.46. The van der Waals surface area contributed by atoms with Crippen LogP contribution in [0.25, 0.3) is 22.3 Å². The maximum Gasteiger partial charge on any atom is 0.320 e. The van der Waals surface area contributed by atoms with Gasteiger partial charge < -0.3 is 24.2 Å². The van der Waals surface area contributed by atoms with Crippen LogP contribution in [0.4, 0.5) is 5.82 Å². The number of pyridine rings is 1. The van der Waals surface area contributed by atoms with Crippen LogP contribution in [0.2, 0.25) is 0 Å². The van der Waals surface area contributed by atoms with Crippen molar-refractivity contribution in [3.8, 4) is 29.1 Å². The molecule has 2 aromatic heterocycles. The minimum Gasteiger partial charge on any atom is -0.496 e. The number of rotatable bonds is 7. The first-order valence-corrected chi connectivity index (χ1v) is 10.5. The van der Waals surface area contributed by atoms with E-state index < -0.39 is 0 Å². The molecule has 3 heterocycles. The van der Waals surface area contributed by atoms with Gasteiger partial charge in [0.1, 0.15) is 18.2 Å². The van der Waals surface area contributed by atoms with Crippen LogP contribution < -0.4 is 14.4 Å². The molecule has 1 saturated heterocycles. The smallest absolute Gasteiger partial charge is 0.320 e. The summed E-state index contributed by atoms with van der Waals surface area (Å²) >= 11 is 0. The summed E-state index contributed by atoms with van der Waals surface area (Å²) < 4.78 is 16.5. The van der Waals surface area contributed by atoms with E-state index in [9.17, 15) is 5.11 Å². The molecular weight excluding hydrogens is 410 g/mol. The van der Waals surface area contributed by atoms with Gasteiger partial charge in [-0.05, 0) is 37.3 Å². The number of ether oxygens (including phenoxy) is 3. The van der Waals surface area contributed by atoms with Crippen LogP contribution in [0, 0.1) is 11.3 Å². The van der Waals surface area contributed by atoms with Gasteiger partial charge in [0, 0.05) is 17.7 Å². The molecule has 0 bridgehead atoms. The molecule has 4 rings (SSSR count). The lowest BCUT2D eigenvalue weighted by Crippen LogP contribution is -2.44. The Balaban J connectivity index is 1.79. The van der Waals surface area contributed by atoms with Crippen molar-refractivity contribution in [2.75, 3.05) is 38.4 Å². The van der Waals surface area contributed by atoms with Gasteiger partial charge in [0.05, 0.1) is 56.5 Å². The van der Waals surface area contributed by atoms with E-state index in [1.807, 2.05) is 30.3 Å². The molecule has 3 aromatic rings. The zero-order valence-corrected chi connectivity index (χ0v) is 18.1. The van der Waals surface area contributed by atoms with Crippen molar-refractivity contribution in [1.29, 1.82) is 5.26 Å². The highest BCUT2D eigenvalue weighted by Gasteiger charge is 2.24. The summed E-state index contributed by atoms with van der Waals surface area (Å²) in [5.74, 6) is 1.36. The van der Waals surface area contributed by atoms with E-state index in [1.54, 1.807) is 7.11 Å². The molecule has 0 radical (unpaired) electrons. The van der Waals surface area contributed by atoms with Gasteiger partial charge in [-0.2, -0.15) is 15.2 Å². The fourth-order valence-electron chi connectivity index (χ4n) is 3.71. The zero-order chi connectivity index (χ0) is 22.5. The highest BCUT2D eigenvalue weighted by atomic mass is 16.5. The first-order chi connectivity index (χ1) is 15.6. The van der Waals surface area contributed by atoms with E-state index >= 15 is 0 Å². The Hall–Kier alpha value is -3.48. The molecule has 166 valence electrons. The Bertz CT molecular complexity index is 1150. The molecule has 1 N–H and O–H groups in total. The third-order valence-electron chi connectivity index (χ3n) is 5.35. The van der Waals surface area contributed by atoms with Crippen molar-refractivity contribution in [2.24, 2.45) is 0 Å². The summed E-state index contributed by atoms with van der Waals surface area (Å²) in [6, 6.07) is 11.8. The van der Waals surface area contributed by atoms with Crippen molar-refractivity contribution >= 4 is 16.9 Å². The van der Waals surface area contributed by atoms with E-state index in [2.05, 4.69) is 27.9 Å². The molecule has 0 unspecified atom stereocenters. The summed E-state index contributed by atoms with van der Waals surface area (Å²) in [7, 11) is 1.57. The molecule has 1 aliphatic heterocycles. The number of hydrogen-bond donors (Lipinski definition) is 1. The summed E-state index contributed by atoms with van der Waals surface area (Å²) in [6.07, 6.45) is 0.244. The van der Waals surface area contributed by atoms with Crippen molar-refractivity contribution in [3.63, 3.8) is 0 Å². The molecule has 1 atom stereocenters. The molecule has 1 aromatic carbocycles. The predicted octanol–water partition coefficient (Wildman–Crippen LogP) is 2.71. The molecule has 32 heavy (non-hydrogen) atoms. The van der Waals surface area contributed by atoms with Crippen LogP contribution in [-0.2, 0) is 11.3 Å². The fraction of sp³-hybridized carbons (Fsp3) is 0.391. The minimum absolute atomic E-state index is 0.136. The van der Waals surface area contributed by atoms with Gasteiger partial charge in [0.2, 0.25) is 0 Å². The number of morpholine rings is 1. The van der Waals surface area contributed by atoms with Crippen LogP contribution in [0.15, 0.2) is 30.3 Å². The van der Waals surface area contributed by atoms with Crippen LogP contribution in [-0.4, -0.2) is 59.6 Å². The molecular formula is C23H25N5O4. The molecule has 0 spiro atoms. The Labute approximate surface area is 186 Å². The molecule has 1 fully saturated rings. The number of fused-ring (bicyclic) bond motifs is 1. The maximum absolute atomic E-state index is 9.66. The van der Waals surface area contributed by atoms with Crippen LogP contribution in [0.5, 0.6) is 11.8 Å². The zero-order valence-electron chi connectivity index (χ0n) is 18.1. The number of benzene rings is 1. The van der Waals surface area contributed by atoms with Crippen molar-refractivity contribution in [2.45, 2.75) is 26.0 Å². The third-order valence-corrected chi connectivity index (χ3v) is 5.35. The quantitative estimate of drug-likeness (QED) is 0.560. The predicted molar refractivity (Wildman–Crippen MR) is 119 cm³/mol. The average Bonchev–Trinajstić information content (AvgIpc) is 2.83. The van der Waals surface area contributed by atoms with Gasteiger partial charge in [-0.15, -0.1) is 0 Å². The van der Waals surface area contributed by atoms with E-state index in [0.717, 1.165) is 16.8 Å². The van der Waals surface area contributed by atoms with Crippen molar-refractivity contribution < 1.29 is 19.3 Å². The summed E-state index contributed by atoms with van der Waals surface area (Å²) in [6.45, 7) is 4.07. The van der Waals surface area contributed by atoms with Gasteiger partial charge in [-0.3, -0.25) is 0 Å². The Morgan fingerprint density at radius 2 is 2.12 bits per heavy atom. The summed E-state index contributed by atoms with van der Waals surface area (Å²) in [4.78, 5) is 16.1. The highest BCUT2D eigenvalue weighted by Crippen LogP contribution is 2.31. The number of aliphatic hydroxyl groups is 1. The number of aromatic nitrogens is 3. The maximum atomic E-state index is 9.66. The molecule has 9 heteroatoms. The van der Waals surface area contributed by atoms with Crippen LogP contribution in [0.1, 0.15) is 18.9 Å². The lowest BCUT2D eigenvalue weighted by atomic mass is 10.1. The van der Waals surface area contributed by atoms with E-state index in [-0.39, 0.29) is 31.7 Å². The number of hydrogen-bond acceptors (Lipinski definition) is 9. The Kier molecular flexibility index (Phi) is 6.63. The average molecular weight is 435 g/mol. The first-order valence-electron chi connectivity index (χ1n) is 10.5. The molecule has 0 saturated carbocycles.